The van der Waals surface area contributed by atoms with Gasteiger partial charge < -0.3 is 10.6 Å². The summed E-state index contributed by atoms with van der Waals surface area (Å²) >= 11 is 0. The van der Waals surface area contributed by atoms with Gasteiger partial charge in [-0.2, -0.15) is 0 Å². The van der Waals surface area contributed by atoms with Crippen LogP contribution in [-0.2, 0) is 9.59 Å². The molecule has 0 aliphatic carbocycles. The van der Waals surface area contributed by atoms with Crippen molar-refractivity contribution in [2.45, 2.75) is 38.8 Å². The van der Waals surface area contributed by atoms with Gasteiger partial charge in [0.1, 0.15) is 6.04 Å². The minimum Gasteiger partial charge on any atom is -0.368 e. The number of piperidine rings is 1. The van der Waals surface area contributed by atoms with E-state index in [2.05, 4.69) is 4.90 Å². The van der Waals surface area contributed by atoms with E-state index in [0.29, 0.717) is 13.1 Å². The van der Waals surface area contributed by atoms with Crippen molar-refractivity contribution in [3.05, 3.63) is 35.9 Å². The van der Waals surface area contributed by atoms with Crippen molar-refractivity contribution >= 4 is 11.8 Å². The van der Waals surface area contributed by atoms with E-state index in [9.17, 15) is 9.59 Å². The van der Waals surface area contributed by atoms with E-state index in [1.165, 1.54) is 0 Å². The molecule has 5 heteroatoms. The van der Waals surface area contributed by atoms with Gasteiger partial charge in [0.15, 0.2) is 0 Å². The molecule has 126 valence electrons. The largest absolute Gasteiger partial charge is 0.368 e. The maximum atomic E-state index is 12.4. The summed E-state index contributed by atoms with van der Waals surface area (Å²) in [6.45, 7) is 5.47. The summed E-state index contributed by atoms with van der Waals surface area (Å²) in [5, 5.41) is 0. The number of likely N-dealkylation sites (tertiary alicyclic amines) is 1. The number of primary amides is 1. The first-order valence-corrected chi connectivity index (χ1v) is 8.26. The first-order chi connectivity index (χ1) is 10.9. The van der Waals surface area contributed by atoms with Crippen molar-refractivity contribution in [3.63, 3.8) is 0 Å². The van der Waals surface area contributed by atoms with Crippen LogP contribution in [0.15, 0.2) is 30.3 Å². The molecule has 5 nitrogen and oxygen atoms in total. The molecule has 1 aromatic carbocycles. The number of amides is 2. The fraction of sp³-hybridized carbons (Fsp3) is 0.556. The monoisotopic (exact) mass is 317 g/mol. The standard InChI is InChI=1S/C18H27N3O2/c1-13(2)20(3)18(23)15-9-11-21(12-10-15)16(17(19)22)14-7-5-4-6-8-14/h4-8,13,15-16H,9-12H2,1-3H3,(H2,19,22). The third-order valence-electron chi connectivity index (χ3n) is 4.75. The van der Waals surface area contributed by atoms with E-state index in [0.717, 1.165) is 18.4 Å². The van der Waals surface area contributed by atoms with E-state index >= 15 is 0 Å². The number of carbonyl (C=O) groups excluding carboxylic acids is 2. The zero-order chi connectivity index (χ0) is 17.0. The smallest absolute Gasteiger partial charge is 0.239 e. The number of nitrogens with zero attached hydrogens (tertiary/aromatic N) is 2. The molecule has 2 rings (SSSR count). The third-order valence-corrected chi connectivity index (χ3v) is 4.75. The Morgan fingerprint density at radius 1 is 1.17 bits per heavy atom. The Labute approximate surface area is 138 Å². The number of benzene rings is 1. The van der Waals surface area contributed by atoms with Crippen LogP contribution in [0.2, 0.25) is 0 Å². The maximum Gasteiger partial charge on any atom is 0.239 e. The van der Waals surface area contributed by atoms with Crippen molar-refractivity contribution in [2.75, 3.05) is 20.1 Å². The van der Waals surface area contributed by atoms with Gasteiger partial charge in [-0.1, -0.05) is 30.3 Å². The molecule has 1 saturated heterocycles. The lowest BCUT2D eigenvalue weighted by Crippen LogP contribution is -2.46. The number of nitrogens with two attached hydrogens (primary N) is 1. The van der Waals surface area contributed by atoms with Crippen LogP contribution >= 0.6 is 0 Å². The minimum atomic E-state index is -0.407. The zero-order valence-electron chi connectivity index (χ0n) is 14.2. The van der Waals surface area contributed by atoms with Gasteiger partial charge in [-0.3, -0.25) is 14.5 Å². The van der Waals surface area contributed by atoms with Crippen LogP contribution in [0.1, 0.15) is 38.3 Å². The van der Waals surface area contributed by atoms with Crippen LogP contribution in [0.3, 0.4) is 0 Å². The van der Waals surface area contributed by atoms with Crippen molar-refractivity contribution in [1.82, 2.24) is 9.80 Å². The van der Waals surface area contributed by atoms with Gasteiger partial charge in [0.2, 0.25) is 11.8 Å². The van der Waals surface area contributed by atoms with Gasteiger partial charge in [-0.25, -0.2) is 0 Å². The van der Waals surface area contributed by atoms with Crippen LogP contribution < -0.4 is 5.73 Å². The molecule has 23 heavy (non-hydrogen) atoms. The predicted octanol–water partition coefficient (Wildman–Crippen LogP) is 1.79. The minimum absolute atomic E-state index is 0.0444. The second kappa shape index (κ2) is 7.59. The Kier molecular flexibility index (Phi) is 5.77. The number of hydrogen-bond donors (Lipinski definition) is 1. The fourth-order valence-electron chi connectivity index (χ4n) is 3.14. The molecular weight excluding hydrogens is 290 g/mol. The average molecular weight is 317 g/mol. The highest BCUT2D eigenvalue weighted by molar-refractivity contribution is 5.82. The van der Waals surface area contributed by atoms with Crippen LogP contribution in [-0.4, -0.2) is 47.8 Å². The second-order valence-corrected chi connectivity index (χ2v) is 6.57. The van der Waals surface area contributed by atoms with Crippen molar-refractivity contribution in [2.24, 2.45) is 11.7 Å². The molecule has 0 aromatic heterocycles. The molecule has 0 bridgehead atoms. The molecule has 2 N–H and O–H groups in total. The maximum absolute atomic E-state index is 12.4. The van der Waals surface area contributed by atoms with Gasteiger partial charge in [0.05, 0.1) is 0 Å². The average Bonchev–Trinajstić information content (AvgIpc) is 2.55. The van der Waals surface area contributed by atoms with Gasteiger partial charge in [-0.05, 0) is 45.3 Å². The Hall–Kier alpha value is -1.88. The van der Waals surface area contributed by atoms with Crippen LogP contribution in [0.5, 0.6) is 0 Å². The second-order valence-electron chi connectivity index (χ2n) is 6.57. The zero-order valence-corrected chi connectivity index (χ0v) is 14.2. The lowest BCUT2D eigenvalue weighted by molar-refractivity contribution is -0.137. The van der Waals surface area contributed by atoms with Crippen LogP contribution in [0, 0.1) is 5.92 Å². The van der Waals surface area contributed by atoms with E-state index in [4.69, 9.17) is 5.73 Å². The lowest BCUT2D eigenvalue weighted by Gasteiger charge is -2.37. The number of rotatable bonds is 5. The lowest BCUT2D eigenvalue weighted by atomic mass is 9.92. The summed E-state index contributed by atoms with van der Waals surface area (Å²) in [4.78, 5) is 28.3. The molecule has 1 heterocycles. The molecule has 1 atom stereocenters. The van der Waals surface area contributed by atoms with Crippen molar-refractivity contribution in [1.29, 1.82) is 0 Å². The SMILES string of the molecule is CC(C)N(C)C(=O)C1CCN(C(C(N)=O)c2ccccc2)CC1. The third kappa shape index (κ3) is 4.10. The van der Waals surface area contributed by atoms with Crippen LogP contribution in [0.4, 0.5) is 0 Å². The Balaban J connectivity index is 2.02. The van der Waals surface area contributed by atoms with Gasteiger partial charge in [-0.15, -0.1) is 0 Å². The molecule has 1 fully saturated rings. The summed E-state index contributed by atoms with van der Waals surface area (Å²) in [5.74, 6) is -0.0850. The van der Waals surface area contributed by atoms with Gasteiger partial charge in [0, 0.05) is 19.0 Å². The molecule has 0 radical (unpaired) electrons. The van der Waals surface area contributed by atoms with E-state index in [1.54, 1.807) is 0 Å². The highest BCUT2D eigenvalue weighted by Gasteiger charge is 2.33. The topological polar surface area (TPSA) is 66.6 Å². The summed E-state index contributed by atoms with van der Waals surface area (Å²) in [6.07, 6.45) is 1.54. The summed E-state index contributed by atoms with van der Waals surface area (Å²) < 4.78 is 0. The number of hydrogen-bond acceptors (Lipinski definition) is 3. The molecule has 2 amide bonds. The van der Waals surface area contributed by atoms with Gasteiger partial charge >= 0.3 is 0 Å². The molecule has 1 unspecified atom stereocenters. The highest BCUT2D eigenvalue weighted by Crippen LogP contribution is 2.27. The first kappa shape index (κ1) is 17.5. The summed E-state index contributed by atoms with van der Waals surface area (Å²) in [7, 11) is 1.86. The van der Waals surface area contributed by atoms with Crippen molar-refractivity contribution < 1.29 is 9.59 Å². The predicted molar refractivity (Wildman–Crippen MR) is 90.6 cm³/mol. The van der Waals surface area contributed by atoms with E-state index in [-0.39, 0.29) is 23.8 Å². The first-order valence-electron chi connectivity index (χ1n) is 8.26. The molecule has 1 aliphatic heterocycles. The van der Waals surface area contributed by atoms with Crippen molar-refractivity contribution in [3.8, 4) is 0 Å². The normalized spacial score (nSPS) is 17.9. The number of carbonyl (C=O) groups is 2. The summed E-state index contributed by atoms with van der Waals surface area (Å²) in [5.41, 5.74) is 6.55. The highest BCUT2D eigenvalue weighted by atomic mass is 16.2. The van der Waals surface area contributed by atoms with E-state index in [1.807, 2.05) is 56.1 Å². The molecule has 1 aromatic rings. The fourth-order valence-corrected chi connectivity index (χ4v) is 3.14. The Morgan fingerprint density at radius 2 is 1.74 bits per heavy atom. The molecule has 0 saturated carbocycles. The quantitative estimate of drug-likeness (QED) is 0.900. The summed E-state index contributed by atoms with van der Waals surface area (Å²) in [6, 6.07) is 9.42. The molecule has 0 spiro atoms. The Bertz CT molecular complexity index is 536. The molecular formula is C18H27N3O2. The Morgan fingerprint density at radius 3 is 2.22 bits per heavy atom. The van der Waals surface area contributed by atoms with Gasteiger partial charge in [0.25, 0.3) is 0 Å². The van der Waals surface area contributed by atoms with Crippen LogP contribution in [0.25, 0.3) is 0 Å². The van der Waals surface area contributed by atoms with E-state index < -0.39 is 6.04 Å². The molecule has 1 aliphatic rings.